The van der Waals surface area contributed by atoms with E-state index in [1.165, 1.54) is 48.4 Å². The Labute approximate surface area is 223 Å². The Balaban J connectivity index is 2.04. The largest absolute Gasteiger partial charge is 0.497 e. The lowest BCUT2D eigenvalue weighted by Gasteiger charge is -2.33. The normalized spacial score (nSPS) is 11.9. The van der Waals surface area contributed by atoms with Crippen LogP contribution in [0.5, 0.6) is 5.75 Å². The summed E-state index contributed by atoms with van der Waals surface area (Å²) in [5.74, 6) is -0.838. The molecule has 38 heavy (non-hydrogen) atoms. The minimum absolute atomic E-state index is 0.00338. The molecule has 0 aliphatic carbocycles. The number of ether oxygens (including phenoxy) is 1. The van der Waals surface area contributed by atoms with Crippen molar-refractivity contribution in [3.63, 3.8) is 0 Å². The summed E-state index contributed by atoms with van der Waals surface area (Å²) in [6.45, 7) is 3.35. The summed E-state index contributed by atoms with van der Waals surface area (Å²) in [5.41, 5.74) is 0.861. The Bertz CT molecular complexity index is 1320. The molecule has 0 aliphatic rings. The van der Waals surface area contributed by atoms with Crippen LogP contribution in [0.15, 0.2) is 83.8 Å². The number of sulfonamides is 1. The Morgan fingerprint density at radius 1 is 0.947 bits per heavy atom. The van der Waals surface area contributed by atoms with E-state index in [0.717, 1.165) is 4.31 Å². The molecule has 3 aromatic rings. The number of halogens is 1. The summed E-state index contributed by atoms with van der Waals surface area (Å²) in [6.07, 6.45) is 0.298. The number of anilines is 1. The van der Waals surface area contributed by atoms with E-state index in [4.69, 9.17) is 4.74 Å². The average Bonchev–Trinajstić information content (AvgIpc) is 2.93. The minimum Gasteiger partial charge on any atom is -0.497 e. The van der Waals surface area contributed by atoms with Gasteiger partial charge >= 0.3 is 0 Å². The molecule has 0 saturated carbocycles. The molecule has 0 unspecified atom stereocenters. The molecule has 1 N–H and O–H groups in total. The summed E-state index contributed by atoms with van der Waals surface area (Å²) in [4.78, 5) is 28.1. The second kappa shape index (κ2) is 13.0. The lowest BCUT2D eigenvalue weighted by molar-refractivity contribution is -0.140. The summed E-state index contributed by atoms with van der Waals surface area (Å²) in [6, 6.07) is 18.9. The van der Waals surface area contributed by atoms with E-state index < -0.39 is 34.3 Å². The van der Waals surface area contributed by atoms with E-state index in [1.54, 1.807) is 56.3 Å². The number of hydrogen-bond acceptors (Lipinski definition) is 5. The summed E-state index contributed by atoms with van der Waals surface area (Å²) in [7, 11) is -2.65. The van der Waals surface area contributed by atoms with Gasteiger partial charge in [0.1, 0.15) is 24.2 Å². The van der Waals surface area contributed by atoms with Crippen molar-refractivity contribution in [1.82, 2.24) is 10.2 Å². The molecule has 0 aromatic heterocycles. The van der Waals surface area contributed by atoms with E-state index in [-0.39, 0.29) is 23.0 Å². The van der Waals surface area contributed by atoms with Crippen LogP contribution in [0.3, 0.4) is 0 Å². The zero-order valence-corrected chi connectivity index (χ0v) is 22.4. The van der Waals surface area contributed by atoms with E-state index in [2.05, 4.69) is 5.32 Å². The molecule has 0 aliphatic heterocycles. The summed E-state index contributed by atoms with van der Waals surface area (Å²) >= 11 is 0. The van der Waals surface area contributed by atoms with Crippen molar-refractivity contribution in [3.8, 4) is 5.75 Å². The van der Waals surface area contributed by atoms with E-state index in [9.17, 15) is 22.4 Å². The molecule has 1 atom stereocenters. The van der Waals surface area contributed by atoms with E-state index in [0.29, 0.717) is 24.3 Å². The highest BCUT2D eigenvalue weighted by Crippen LogP contribution is 2.26. The van der Waals surface area contributed by atoms with Crippen LogP contribution in [0, 0.1) is 5.82 Å². The fourth-order valence-corrected chi connectivity index (χ4v) is 5.43. The number of carbonyl (C=O) groups is 2. The zero-order valence-electron chi connectivity index (χ0n) is 21.6. The van der Waals surface area contributed by atoms with Gasteiger partial charge in [-0.25, -0.2) is 12.8 Å². The SMILES string of the molecule is CCNC(=O)[C@H](CC)N(Cc1ccc(F)cc1)C(=O)CN(c1ccc(OC)cc1)S(=O)(=O)c1ccccc1. The van der Waals surface area contributed by atoms with Crippen molar-refractivity contribution < 1.29 is 27.1 Å². The molecular formula is C28H32FN3O5S. The maximum Gasteiger partial charge on any atom is 0.264 e. The van der Waals surface area contributed by atoms with Crippen molar-refractivity contribution in [2.75, 3.05) is 24.5 Å². The van der Waals surface area contributed by atoms with Gasteiger partial charge < -0.3 is 15.0 Å². The highest BCUT2D eigenvalue weighted by molar-refractivity contribution is 7.92. The molecule has 0 spiro atoms. The van der Waals surface area contributed by atoms with Crippen LogP contribution in [0.2, 0.25) is 0 Å². The van der Waals surface area contributed by atoms with Gasteiger partial charge in [-0.15, -0.1) is 0 Å². The minimum atomic E-state index is -4.15. The molecule has 202 valence electrons. The highest BCUT2D eigenvalue weighted by atomic mass is 32.2. The third-order valence-electron chi connectivity index (χ3n) is 5.97. The van der Waals surface area contributed by atoms with Gasteiger partial charge in [0.25, 0.3) is 10.0 Å². The first-order valence-corrected chi connectivity index (χ1v) is 13.7. The summed E-state index contributed by atoms with van der Waals surface area (Å²) in [5, 5.41) is 2.74. The van der Waals surface area contributed by atoms with Crippen molar-refractivity contribution in [2.24, 2.45) is 0 Å². The number of benzene rings is 3. The van der Waals surface area contributed by atoms with Gasteiger partial charge in [0.2, 0.25) is 11.8 Å². The zero-order chi connectivity index (χ0) is 27.7. The quantitative estimate of drug-likeness (QED) is 0.374. The molecule has 0 bridgehead atoms. The average molecular weight is 542 g/mol. The number of likely N-dealkylation sites (N-methyl/N-ethyl adjacent to an activating group) is 1. The van der Waals surface area contributed by atoms with Gasteiger partial charge in [0.05, 0.1) is 17.7 Å². The van der Waals surface area contributed by atoms with Crippen molar-refractivity contribution in [1.29, 1.82) is 0 Å². The number of carbonyl (C=O) groups excluding carboxylic acids is 2. The second-order valence-electron chi connectivity index (χ2n) is 8.49. The fourth-order valence-electron chi connectivity index (χ4n) is 3.99. The maximum absolute atomic E-state index is 13.8. The number of rotatable bonds is 12. The molecule has 8 nitrogen and oxygen atoms in total. The van der Waals surface area contributed by atoms with Crippen molar-refractivity contribution in [2.45, 2.75) is 37.8 Å². The first kappa shape index (κ1) is 28.6. The molecule has 0 radical (unpaired) electrons. The topological polar surface area (TPSA) is 96.0 Å². The van der Waals surface area contributed by atoms with Crippen molar-refractivity contribution >= 4 is 27.5 Å². The van der Waals surface area contributed by atoms with Crippen molar-refractivity contribution in [3.05, 3.63) is 90.2 Å². The Kier molecular flexibility index (Phi) is 9.84. The fraction of sp³-hybridized carbons (Fsp3) is 0.286. The molecule has 3 rings (SSSR count). The van der Waals surface area contributed by atoms with Crippen LogP contribution >= 0.6 is 0 Å². The second-order valence-corrected chi connectivity index (χ2v) is 10.4. The van der Waals surface area contributed by atoms with Crippen LogP contribution in [0.25, 0.3) is 0 Å². The van der Waals surface area contributed by atoms with Crippen LogP contribution in [0.4, 0.5) is 10.1 Å². The van der Waals surface area contributed by atoms with Crippen LogP contribution in [-0.2, 0) is 26.2 Å². The monoisotopic (exact) mass is 541 g/mol. The van der Waals surface area contributed by atoms with Gasteiger partial charge in [-0.3, -0.25) is 13.9 Å². The smallest absolute Gasteiger partial charge is 0.264 e. The Morgan fingerprint density at radius 2 is 1.58 bits per heavy atom. The van der Waals surface area contributed by atoms with E-state index >= 15 is 0 Å². The third kappa shape index (κ3) is 6.89. The van der Waals surface area contributed by atoms with Crippen LogP contribution in [0.1, 0.15) is 25.8 Å². The van der Waals surface area contributed by atoms with Gasteiger partial charge in [0, 0.05) is 13.1 Å². The van der Waals surface area contributed by atoms with E-state index in [1.807, 2.05) is 0 Å². The molecule has 10 heteroatoms. The highest BCUT2D eigenvalue weighted by Gasteiger charge is 2.33. The molecule has 0 fully saturated rings. The molecule has 2 amide bonds. The predicted octanol–water partition coefficient (Wildman–Crippen LogP) is 3.97. The molecule has 0 heterocycles. The number of amides is 2. The predicted molar refractivity (Wildman–Crippen MR) is 144 cm³/mol. The summed E-state index contributed by atoms with van der Waals surface area (Å²) < 4.78 is 47.2. The maximum atomic E-state index is 13.8. The van der Waals surface area contributed by atoms with Gasteiger partial charge in [-0.05, 0) is 67.4 Å². The molecule has 3 aromatic carbocycles. The number of hydrogen-bond donors (Lipinski definition) is 1. The lowest BCUT2D eigenvalue weighted by Crippen LogP contribution is -2.52. The first-order chi connectivity index (χ1) is 18.2. The number of nitrogens with one attached hydrogen (secondary N) is 1. The lowest BCUT2D eigenvalue weighted by atomic mass is 10.1. The Hall–Kier alpha value is -3.92. The Morgan fingerprint density at radius 3 is 2.13 bits per heavy atom. The third-order valence-corrected chi connectivity index (χ3v) is 7.76. The standard InChI is InChI=1S/C28H32FN3O5S/c1-4-26(28(34)30-5-2)31(19-21-11-13-22(29)14-12-21)27(33)20-32(23-15-17-24(37-3)18-16-23)38(35,36)25-9-7-6-8-10-25/h6-18,26H,4-5,19-20H2,1-3H3,(H,30,34)/t26-/m0/s1. The first-order valence-electron chi connectivity index (χ1n) is 12.2. The van der Waals surface area contributed by atoms with Crippen LogP contribution < -0.4 is 14.4 Å². The van der Waals surface area contributed by atoms with Gasteiger partial charge in [-0.2, -0.15) is 0 Å². The van der Waals surface area contributed by atoms with Gasteiger partial charge in [0.15, 0.2) is 0 Å². The van der Waals surface area contributed by atoms with Gasteiger partial charge in [-0.1, -0.05) is 37.3 Å². The van der Waals surface area contributed by atoms with Crippen LogP contribution in [-0.4, -0.2) is 51.4 Å². The number of nitrogens with zero attached hydrogens (tertiary/aromatic N) is 2. The molecular weight excluding hydrogens is 509 g/mol. The number of methoxy groups -OCH3 is 1. The molecule has 0 saturated heterocycles.